The molecule has 0 radical (unpaired) electrons. The fourth-order valence-electron chi connectivity index (χ4n) is 2.98. The number of anilines is 1. The Labute approximate surface area is 143 Å². The molecule has 6 heteroatoms. The average Bonchev–Trinajstić information content (AvgIpc) is 3.04. The first-order valence-corrected chi connectivity index (χ1v) is 8.07. The highest BCUT2D eigenvalue weighted by atomic mass is 35.5. The van der Waals surface area contributed by atoms with E-state index in [0.29, 0.717) is 41.2 Å². The molecule has 0 bridgehead atoms. The molecule has 1 amide bonds. The molecule has 23 heavy (non-hydrogen) atoms. The SMILES string of the molecule is O=C1c2ccccc2N(Cc2ccc(Cl)c(Cl)c2)C2=NCCN12. The zero-order valence-corrected chi connectivity index (χ0v) is 13.7. The van der Waals surface area contributed by atoms with Gasteiger partial charge in [0.1, 0.15) is 0 Å². The highest BCUT2D eigenvalue weighted by molar-refractivity contribution is 6.42. The molecule has 4 rings (SSSR count). The Bertz CT molecular complexity index is 834. The van der Waals surface area contributed by atoms with Gasteiger partial charge in [0.15, 0.2) is 0 Å². The average molecular weight is 346 g/mol. The lowest BCUT2D eigenvalue weighted by Crippen LogP contribution is -2.49. The van der Waals surface area contributed by atoms with Crippen molar-refractivity contribution in [1.29, 1.82) is 0 Å². The van der Waals surface area contributed by atoms with Gasteiger partial charge < -0.3 is 4.90 Å². The second kappa shape index (κ2) is 5.55. The summed E-state index contributed by atoms with van der Waals surface area (Å²) in [6, 6.07) is 13.2. The van der Waals surface area contributed by atoms with Crippen molar-refractivity contribution in [2.45, 2.75) is 6.54 Å². The van der Waals surface area contributed by atoms with Gasteiger partial charge in [0.05, 0.1) is 34.4 Å². The molecule has 2 heterocycles. The minimum absolute atomic E-state index is 0.0160. The molecule has 0 aliphatic carbocycles. The summed E-state index contributed by atoms with van der Waals surface area (Å²) in [4.78, 5) is 20.9. The van der Waals surface area contributed by atoms with Crippen LogP contribution in [-0.4, -0.2) is 29.9 Å². The molecule has 0 saturated heterocycles. The molecule has 0 saturated carbocycles. The summed E-state index contributed by atoms with van der Waals surface area (Å²) < 4.78 is 0. The predicted molar refractivity (Wildman–Crippen MR) is 92.4 cm³/mol. The van der Waals surface area contributed by atoms with Gasteiger partial charge in [-0.2, -0.15) is 0 Å². The Morgan fingerprint density at radius 2 is 1.91 bits per heavy atom. The number of hydrogen-bond donors (Lipinski definition) is 0. The quantitative estimate of drug-likeness (QED) is 0.829. The van der Waals surface area contributed by atoms with Gasteiger partial charge in [0.2, 0.25) is 5.96 Å². The Morgan fingerprint density at radius 1 is 1.09 bits per heavy atom. The first-order valence-electron chi connectivity index (χ1n) is 7.32. The van der Waals surface area contributed by atoms with Gasteiger partial charge in [-0.3, -0.25) is 14.7 Å². The fourth-order valence-corrected chi connectivity index (χ4v) is 3.30. The second-order valence-corrected chi connectivity index (χ2v) is 6.30. The van der Waals surface area contributed by atoms with Crippen LogP contribution in [0.5, 0.6) is 0 Å². The summed E-state index contributed by atoms with van der Waals surface area (Å²) in [5.74, 6) is 0.724. The first-order chi connectivity index (χ1) is 11.1. The first kappa shape index (κ1) is 14.5. The van der Waals surface area contributed by atoms with Gasteiger partial charge in [0, 0.05) is 6.54 Å². The van der Waals surface area contributed by atoms with Crippen LogP contribution in [0.3, 0.4) is 0 Å². The zero-order valence-electron chi connectivity index (χ0n) is 12.2. The summed E-state index contributed by atoms with van der Waals surface area (Å²) in [5, 5.41) is 1.06. The Kier molecular flexibility index (Phi) is 3.51. The Morgan fingerprint density at radius 3 is 2.74 bits per heavy atom. The predicted octanol–water partition coefficient (Wildman–Crippen LogP) is 3.83. The summed E-state index contributed by atoms with van der Waals surface area (Å²) in [7, 11) is 0. The van der Waals surface area contributed by atoms with Crippen LogP contribution in [-0.2, 0) is 6.54 Å². The van der Waals surface area contributed by atoms with E-state index >= 15 is 0 Å². The van der Waals surface area contributed by atoms with Gasteiger partial charge in [-0.05, 0) is 29.8 Å². The lowest BCUT2D eigenvalue weighted by molar-refractivity contribution is 0.0851. The highest BCUT2D eigenvalue weighted by Gasteiger charge is 2.36. The van der Waals surface area contributed by atoms with Crippen molar-refractivity contribution in [2.75, 3.05) is 18.0 Å². The van der Waals surface area contributed by atoms with Crippen molar-refractivity contribution in [2.24, 2.45) is 4.99 Å². The van der Waals surface area contributed by atoms with Gasteiger partial charge >= 0.3 is 0 Å². The van der Waals surface area contributed by atoms with Crippen LogP contribution in [0.1, 0.15) is 15.9 Å². The van der Waals surface area contributed by atoms with Gasteiger partial charge in [0.25, 0.3) is 5.91 Å². The number of rotatable bonds is 2. The van der Waals surface area contributed by atoms with Gasteiger partial charge in [-0.15, -0.1) is 0 Å². The van der Waals surface area contributed by atoms with E-state index in [0.717, 1.165) is 11.3 Å². The minimum atomic E-state index is 0.0160. The fraction of sp³-hybridized carbons (Fsp3) is 0.176. The molecule has 0 unspecified atom stereocenters. The summed E-state index contributed by atoms with van der Waals surface area (Å²) in [6.07, 6.45) is 0. The second-order valence-electron chi connectivity index (χ2n) is 5.49. The number of carbonyl (C=O) groups is 1. The molecule has 116 valence electrons. The maximum Gasteiger partial charge on any atom is 0.262 e. The lowest BCUT2D eigenvalue weighted by atomic mass is 10.1. The molecule has 0 fully saturated rings. The molecule has 0 N–H and O–H groups in total. The number of halogens is 2. The van der Waals surface area contributed by atoms with Crippen molar-refractivity contribution >= 4 is 40.8 Å². The number of amides is 1. The standard InChI is InChI=1S/C17H13Cl2N3O/c18-13-6-5-11(9-14(13)19)10-22-15-4-2-1-3-12(15)16(23)21-8-7-20-17(21)22/h1-6,9H,7-8,10H2. The van der Waals surface area contributed by atoms with E-state index in [9.17, 15) is 4.79 Å². The van der Waals surface area contributed by atoms with Crippen LogP contribution in [0.15, 0.2) is 47.5 Å². The summed E-state index contributed by atoms with van der Waals surface area (Å²) >= 11 is 12.1. The third-order valence-electron chi connectivity index (χ3n) is 4.05. The van der Waals surface area contributed by atoms with E-state index in [1.165, 1.54) is 0 Å². The van der Waals surface area contributed by atoms with E-state index in [4.69, 9.17) is 23.2 Å². The molecule has 4 nitrogen and oxygen atoms in total. The van der Waals surface area contributed by atoms with E-state index in [2.05, 4.69) is 9.89 Å². The van der Waals surface area contributed by atoms with Crippen molar-refractivity contribution in [3.05, 3.63) is 63.6 Å². The topological polar surface area (TPSA) is 35.9 Å². The number of hydrogen-bond acceptors (Lipinski definition) is 3. The molecule has 0 atom stereocenters. The Balaban J connectivity index is 1.78. The number of guanidine groups is 1. The normalized spacial score (nSPS) is 16.3. The summed E-state index contributed by atoms with van der Waals surface area (Å²) in [6.45, 7) is 1.84. The maximum absolute atomic E-state index is 12.6. The molecular weight excluding hydrogens is 333 g/mol. The molecule has 2 aliphatic heterocycles. The van der Waals surface area contributed by atoms with Gasteiger partial charge in [-0.1, -0.05) is 41.4 Å². The van der Waals surface area contributed by atoms with Crippen LogP contribution in [0.2, 0.25) is 10.0 Å². The van der Waals surface area contributed by atoms with Crippen molar-refractivity contribution in [1.82, 2.24) is 4.90 Å². The molecule has 2 aromatic rings. The van der Waals surface area contributed by atoms with E-state index in [1.807, 2.05) is 36.4 Å². The van der Waals surface area contributed by atoms with Crippen LogP contribution in [0, 0.1) is 0 Å². The largest absolute Gasteiger partial charge is 0.307 e. The number of nitrogens with zero attached hydrogens (tertiary/aromatic N) is 3. The van der Waals surface area contributed by atoms with E-state index in [-0.39, 0.29) is 5.91 Å². The number of carbonyl (C=O) groups excluding carboxylic acids is 1. The molecular formula is C17H13Cl2N3O. The van der Waals surface area contributed by atoms with Crippen molar-refractivity contribution in [3.8, 4) is 0 Å². The number of para-hydroxylation sites is 1. The maximum atomic E-state index is 12.6. The van der Waals surface area contributed by atoms with Crippen LogP contribution >= 0.6 is 23.2 Å². The van der Waals surface area contributed by atoms with Crippen LogP contribution in [0.25, 0.3) is 0 Å². The number of fused-ring (bicyclic) bond motifs is 2. The van der Waals surface area contributed by atoms with E-state index < -0.39 is 0 Å². The van der Waals surface area contributed by atoms with Gasteiger partial charge in [-0.25, -0.2) is 0 Å². The third-order valence-corrected chi connectivity index (χ3v) is 4.79. The number of benzene rings is 2. The molecule has 2 aromatic carbocycles. The molecule has 2 aliphatic rings. The van der Waals surface area contributed by atoms with Crippen LogP contribution < -0.4 is 4.90 Å². The third kappa shape index (κ3) is 2.38. The zero-order chi connectivity index (χ0) is 16.0. The molecule has 0 spiro atoms. The van der Waals surface area contributed by atoms with Crippen molar-refractivity contribution < 1.29 is 4.79 Å². The minimum Gasteiger partial charge on any atom is -0.307 e. The molecule has 0 aromatic heterocycles. The van der Waals surface area contributed by atoms with Crippen molar-refractivity contribution in [3.63, 3.8) is 0 Å². The monoisotopic (exact) mass is 345 g/mol. The van der Waals surface area contributed by atoms with E-state index in [1.54, 1.807) is 11.0 Å². The number of aliphatic imine (C=N–C) groups is 1. The summed E-state index contributed by atoms with van der Waals surface area (Å²) in [5.41, 5.74) is 2.59. The lowest BCUT2D eigenvalue weighted by Gasteiger charge is -2.36. The van der Waals surface area contributed by atoms with Crippen LogP contribution in [0.4, 0.5) is 5.69 Å². The Hall–Kier alpha value is -2.04. The highest BCUT2D eigenvalue weighted by Crippen LogP contribution is 2.32. The smallest absolute Gasteiger partial charge is 0.262 e.